The van der Waals surface area contributed by atoms with E-state index in [1.807, 2.05) is 7.05 Å². The fraction of sp³-hybridized carbons (Fsp3) is 0.647. The highest BCUT2D eigenvalue weighted by Crippen LogP contribution is 2.33. The Morgan fingerprint density at radius 3 is 3.12 bits per heavy atom. The van der Waals surface area contributed by atoms with Crippen LogP contribution in [0.1, 0.15) is 37.3 Å². The molecule has 1 aromatic rings. The summed E-state index contributed by atoms with van der Waals surface area (Å²) < 4.78 is 20.0. The summed E-state index contributed by atoms with van der Waals surface area (Å²) in [5.41, 5.74) is 0.507. The number of morpholine rings is 1. The molecule has 7 heteroatoms. The van der Waals surface area contributed by atoms with Gasteiger partial charge >= 0.3 is 0 Å². The molecule has 1 saturated carbocycles. The molecule has 0 bridgehead atoms. The van der Waals surface area contributed by atoms with Crippen molar-refractivity contribution >= 4 is 5.91 Å². The Labute approximate surface area is 141 Å². The number of fused-ring (bicyclic) bond motifs is 1. The molecule has 0 radical (unpaired) electrons. The molecular formula is C17H23FN4O2. The van der Waals surface area contributed by atoms with Gasteiger partial charge < -0.3 is 9.64 Å². The Balaban J connectivity index is 1.59. The second kappa shape index (κ2) is 6.38. The number of nitrogens with zero attached hydrogens (tertiary/aromatic N) is 3. The Morgan fingerprint density at radius 1 is 1.42 bits per heavy atom. The lowest BCUT2D eigenvalue weighted by Crippen LogP contribution is -2.66. The zero-order chi connectivity index (χ0) is 16.7. The Morgan fingerprint density at radius 2 is 2.29 bits per heavy atom. The first-order chi connectivity index (χ1) is 11.6. The van der Waals surface area contributed by atoms with Gasteiger partial charge in [-0.15, -0.1) is 0 Å². The molecule has 1 aliphatic carbocycles. The average molecular weight is 334 g/mol. The van der Waals surface area contributed by atoms with Crippen molar-refractivity contribution in [3.8, 4) is 0 Å². The van der Waals surface area contributed by atoms with Crippen LogP contribution in [0.25, 0.3) is 0 Å². The number of pyridine rings is 1. The normalized spacial score (nSPS) is 34.4. The Hall–Kier alpha value is -1.57. The molecule has 24 heavy (non-hydrogen) atoms. The first-order valence-corrected chi connectivity index (χ1v) is 8.63. The average Bonchev–Trinajstić information content (AvgIpc) is 3.06. The molecule has 0 aromatic carbocycles. The molecule has 3 fully saturated rings. The molecule has 3 heterocycles. The number of rotatable bonds is 2. The van der Waals surface area contributed by atoms with Gasteiger partial charge in [-0.1, -0.05) is 0 Å². The van der Waals surface area contributed by atoms with E-state index in [2.05, 4.69) is 15.2 Å². The minimum Gasteiger partial charge on any atom is -0.375 e. The van der Waals surface area contributed by atoms with Gasteiger partial charge in [-0.2, -0.15) is 0 Å². The van der Waals surface area contributed by atoms with Gasteiger partial charge in [0.15, 0.2) is 0 Å². The number of halogens is 1. The van der Waals surface area contributed by atoms with Crippen molar-refractivity contribution in [3.63, 3.8) is 0 Å². The first-order valence-electron chi connectivity index (χ1n) is 8.63. The van der Waals surface area contributed by atoms with Crippen molar-refractivity contribution in [2.45, 2.75) is 50.2 Å². The van der Waals surface area contributed by atoms with Gasteiger partial charge in [0.2, 0.25) is 5.91 Å². The standard InChI is InChI=1S/C17H23FN4O2/c1-21-16(23)9-13(11-5-6-19-10-12(11)18)20-17(21)22-7-8-24-15-4-2-3-14(15)22/h5-6,10,13-15,17,20H,2-4,7-9H2,1H3/t13?,14-,15-,17?/m1/s1. The number of carbonyl (C=O) groups excluding carboxylic acids is 1. The minimum absolute atomic E-state index is 0.0287. The maximum absolute atomic E-state index is 14.1. The van der Waals surface area contributed by atoms with Crippen molar-refractivity contribution < 1.29 is 13.9 Å². The summed E-state index contributed by atoms with van der Waals surface area (Å²) >= 11 is 0. The lowest BCUT2D eigenvalue weighted by Gasteiger charge is -2.49. The van der Waals surface area contributed by atoms with Crippen LogP contribution in [0.4, 0.5) is 4.39 Å². The van der Waals surface area contributed by atoms with Crippen LogP contribution in [0.5, 0.6) is 0 Å². The molecule has 4 rings (SSSR count). The highest BCUT2D eigenvalue weighted by molar-refractivity contribution is 5.78. The second-order valence-corrected chi connectivity index (χ2v) is 6.84. The van der Waals surface area contributed by atoms with Crippen LogP contribution in [-0.2, 0) is 9.53 Å². The molecule has 1 amide bonds. The van der Waals surface area contributed by atoms with E-state index in [9.17, 15) is 9.18 Å². The Kier molecular flexibility index (Phi) is 4.24. The summed E-state index contributed by atoms with van der Waals surface area (Å²) in [7, 11) is 1.82. The van der Waals surface area contributed by atoms with E-state index >= 15 is 0 Å². The predicted molar refractivity (Wildman–Crippen MR) is 85.3 cm³/mol. The summed E-state index contributed by atoms with van der Waals surface area (Å²) in [6, 6.07) is 1.65. The molecule has 1 N–H and O–H groups in total. The molecule has 0 spiro atoms. The Bertz CT molecular complexity index is 628. The third-order valence-electron chi connectivity index (χ3n) is 5.51. The molecule has 3 aliphatic rings. The SMILES string of the molecule is CN1C(=O)CC(c2ccncc2F)NC1N1CCO[C@@H]2CCC[C@H]21. The van der Waals surface area contributed by atoms with E-state index in [1.54, 1.807) is 17.2 Å². The number of hydrogen-bond acceptors (Lipinski definition) is 5. The maximum Gasteiger partial charge on any atom is 0.226 e. The van der Waals surface area contributed by atoms with Crippen LogP contribution in [0.2, 0.25) is 0 Å². The largest absolute Gasteiger partial charge is 0.375 e. The molecule has 2 unspecified atom stereocenters. The monoisotopic (exact) mass is 334 g/mol. The molecule has 1 aromatic heterocycles. The molecular weight excluding hydrogens is 311 g/mol. The van der Waals surface area contributed by atoms with Crippen LogP contribution >= 0.6 is 0 Å². The summed E-state index contributed by atoms with van der Waals surface area (Å²) in [6.07, 6.45) is 6.37. The molecule has 2 saturated heterocycles. The maximum atomic E-state index is 14.1. The van der Waals surface area contributed by atoms with Crippen molar-refractivity contribution in [2.75, 3.05) is 20.2 Å². The number of hydrogen-bond donors (Lipinski definition) is 1. The van der Waals surface area contributed by atoms with Crippen molar-refractivity contribution in [1.82, 2.24) is 20.1 Å². The van der Waals surface area contributed by atoms with E-state index in [1.165, 1.54) is 6.20 Å². The fourth-order valence-electron chi connectivity index (χ4n) is 4.25. The summed E-state index contributed by atoms with van der Waals surface area (Å²) in [4.78, 5) is 20.4. The van der Waals surface area contributed by atoms with E-state index in [4.69, 9.17) is 4.74 Å². The predicted octanol–water partition coefficient (Wildman–Crippen LogP) is 1.25. The lowest BCUT2D eigenvalue weighted by molar-refractivity contribution is -0.155. The van der Waals surface area contributed by atoms with Crippen LogP contribution in [0, 0.1) is 5.82 Å². The molecule has 2 aliphatic heterocycles. The third-order valence-corrected chi connectivity index (χ3v) is 5.51. The van der Waals surface area contributed by atoms with Crippen LogP contribution < -0.4 is 5.32 Å². The van der Waals surface area contributed by atoms with Crippen molar-refractivity contribution in [1.29, 1.82) is 0 Å². The third kappa shape index (κ3) is 2.70. The van der Waals surface area contributed by atoms with Gasteiger partial charge in [0.05, 0.1) is 18.9 Å². The van der Waals surface area contributed by atoms with Gasteiger partial charge in [0.1, 0.15) is 12.1 Å². The summed E-state index contributed by atoms with van der Waals surface area (Å²) in [5, 5.41) is 3.48. The number of aromatic nitrogens is 1. The topological polar surface area (TPSA) is 57.7 Å². The quantitative estimate of drug-likeness (QED) is 0.882. The molecule has 130 valence electrons. The summed E-state index contributed by atoms with van der Waals surface area (Å²) in [5.74, 6) is -0.340. The van der Waals surface area contributed by atoms with E-state index < -0.39 is 0 Å². The smallest absolute Gasteiger partial charge is 0.226 e. The van der Waals surface area contributed by atoms with Gasteiger partial charge in [-0.05, 0) is 25.3 Å². The van der Waals surface area contributed by atoms with Crippen LogP contribution in [0.3, 0.4) is 0 Å². The number of nitrogens with one attached hydrogen (secondary N) is 1. The molecule has 6 nitrogen and oxygen atoms in total. The van der Waals surface area contributed by atoms with Gasteiger partial charge in [-0.3, -0.25) is 20.0 Å². The summed E-state index contributed by atoms with van der Waals surface area (Å²) in [6.45, 7) is 1.46. The van der Waals surface area contributed by atoms with Gasteiger partial charge in [-0.25, -0.2) is 4.39 Å². The zero-order valence-electron chi connectivity index (χ0n) is 13.8. The van der Waals surface area contributed by atoms with Crippen molar-refractivity contribution in [2.24, 2.45) is 0 Å². The minimum atomic E-state index is -0.369. The number of carbonyl (C=O) groups is 1. The van der Waals surface area contributed by atoms with Gasteiger partial charge in [0.25, 0.3) is 0 Å². The van der Waals surface area contributed by atoms with Crippen LogP contribution in [-0.4, -0.2) is 59.3 Å². The highest BCUT2D eigenvalue weighted by atomic mass is 19.1. The van der Waals surface area contributed by atoms with Gasteiger partial charge in [0, 0.05) is 43.9 Å². The van der Waals surface area contributed by atoms with E-state index in [0.29, 0.717) is 18.2 Å². The van der Waals surface area contributed by atoms with E-state index in [0.717, 1.165) is 25.8 Å². The lowest BCUT2D eigenvalue weighted by atomic mass is 10.0. The first kappa shape index (κ1) is 15.9. The zero-order valence-corrected chi connectivity index (χ0v) is 13.8. The highest BCUT2D eigenvalue weighted by Gasteiger charge is 2.44. The van der Waals surface area contributed by atoms with Crippen LogP contribution in [0.15, 0.2) is 18.5 Å². The molecule has 4 atom stereocenters. The number of ether oxygens (including phenoxy) is 1. The van der Waals surface area contributed by atoms with Crippen molar-refractivity contribution in [3.05, 3.63) is 29.8 Å². The second-order valence-electron chi connectivity index (χ2n) is 6.84. The van der Waals surface area contributed by atoms with E-state index in [-0.39, 0.29) is 36.6 Å². The number of amides is 1. The fourth-order valence-corrected chi connectivity index (χ4v) is 4.25.